The van der Waals surface area contributed by atoms with E-state index < -0.39 is 0 Å². The van der Waals surface area contributed by atoms with Crippen LogP contribution in [-0.4, -0.2) is 28.9 Å². The first kappa shape index (κ1) is 13.1. The predicted octanol–water partition coefficient (Wildman–Crippen LogP) is 3.12. The number of nitrogens with one attached hydrogen (secondary N) is 1. The molecule has 3 nitrogen and oxygen atoms in total. The molecule has 0 fully saturated rings. The molecule has 0 aliphatic rings. The first-order valence-electron chi connectivity index (χ1n) is 5.95. The number of nitrogens with zero attached hydrogens (tertiary/aromatic N) is 1. The van der Waals surface area contributed by atoms with Crippen LogP contribution in [0.25, 0.3) is 10.9 Å². The van der Waals surface area contributed by atoms with Gasteiger partial charge in [-0.2, -0.15) is 0 Å². The summed E-state index contributed by atoms with van der Waals surface area (Å²) in [6.45, 7) is 8.13. The lowest BCUT2D eigenvalue weighted by Gasteiger charge is -2.18. The summed E-state index contributed by atoms with van der Waals surface area (Å²) >= 11 is 0. The zero-order valence-electron chi connectivity index (χ0n) is 10.5. The second kappa shape index (κ2) is 5.52. The van der Waals surface area contributed by atoms with Crippen LogP contribution in [0.5, 0.6) is 0 Å². The Morgan fingerprint density at radius 1 is 1.26 bits per heavy atom. The number of carbonyl (C=O) groups excluding carboxylic acids is 1. The van der Waals surface area contributed by atoms with Crippen molar-refractivity contribution in [2.24, 2.45) is 0 Å². The van der Waals surface area contributed by atoms with Crippen LogP contribution in [0.3, 0.4) is 0 Å². The zero-order valence-corrected chi connectivity index (χ0v) is 10.5. The van der Waals surface area contributed by atoms with Crippen molar-refractivity contribution in [2.75, 3.05) is 13.1 Å². The summed E-state index contributed by atoms with van der Waals surface area (Å²) in [7, 11) is 0. The molecule has 0 saturated carbocycles. The molecule has 0 aliphatic carbocycles. The zero-order chi connectivity index (χ0) is 13.8. The maximum atomic E-state index is 13.1. The van der Waals surface area contributed by atoms with Gasteiger partial charge in [-0.1, -0.05) is 12.2 Å². The quantitative estimate of drug-likeness (QED) is 0.822. The molecular weight excluding hydrogens is 243 g/mol. The van der Waals surface area contributed by atoms with Crippen molar-refractivity contribution in [3.63, 3.8) is 0 Å². The smallest absolute Gasteiger partial charge is 0.270 e. The minimum atomic E-state index is -0.320. The normalized spacial score (nSPS) is 10.4. The number of H-pyrrole nitrogens is 1. The highest BCUT2D eigenvalue weighted by Crippen LogP contribution is 2.17. The summed E-state index contributed by atoms with van der Waals surface area (Å²) in [5.41, 5.74) is 1.17. The van der Waals surface area contributed by atoms with E-state index in [1.54, 1.807) is 29.2 Å². The fraction of sp³-hybridized carbons (Fsp3) is 0.133. The van der Waals surface area contributed by atoms with E-state index in [0.717, 1.165) is 5.52 Å². The molecule has 0 saturated heterocycles. The van der Waals surface area contributed by atoms with Crippen LogP contribution in [0.2, 0.25) is 0 Å². The molecule has 2 rings (SSSR count). The molecular formula is C15H15FN2O. The van der Waals surface area contributed by atoms with Gasteiger partial charge in [0.25, 0.3) is 5.91 Å². The van der Waals surface area contributed by atoms with Gasteiger partial charge in [0.1, 0.15) is 11.5 Å². The topological polar surface area (TPSA) is 36.1 Å². The molecule has 1 heterocycles. The van der Waals surface area contributed by atoms with Crippen LogP contribution in [0.1, 0.15) is 10.5 Å². The van der Waals surface area contributed by atoms with Gasteiger partial charge in [-0.15, -0.1) is 13.2 Å². The van der Waals surface area contributed by atoms with Gasteiger partial charge in [0.15, 0.2) is 0 Å². The van der Waals surface area contributed by atoms with Gasteiger partial charge in [0.2, 0.25) is 0 Å². The van der Waals surface area contributed by atoms with Crippen LogP contribution in [0.15, 0.2) is 49.6 Å². The molecule has 4 heteroatoms. The number of hydrogen-bond donors (Lipinski definition) is 1. The fourth-order valence-corrected chi connectivity index (χ4v) is 1.94. The molecule has 0 radical (unpaired) electrons. The molecule has 0 atom stereocenters. The van der Waals surface area contributed by atoms with E-state index >= 15 is 0 Å². The Kier molecular flexibility index (Phi) is 3.80. The standard InChI is InChI=1S/C15H15FN2O/c1-3-7-18(8-4-2)15(19)14-10-11-9-12(16)5-6-13(11)17-14/h3-6,9-10,17H,1-2,7-8H2. The van der Waals surface area contributed by atoms with E-state index in [1.165, 1.54) is 12.1 Å². The molecule has 1 amide bonds. The number of aromatic amines is 1. The molecule has 0 bridgehead atoms. The Morgan fingerprint density at radius 3 is 2.58 bits per heavy atom. The van der Waals surface area contributed by atoms with Crippen LogP contribution in [-0.2, 0) is 0 Å². The van der Waals surface area contributed by atoms with E-state index in [2.05, 4.69) is 18.1 Å². The fourth-order valence-electron chi connectivity index (χ4n) is 1.94. The maximum Gasteiger partial charge on any atom is 0.270 e. The third-order valence-corrected chi connectivity index (χ3v) is 2.80. The second-order valence-corrected chi connectivity index (χ2v) is 4.20. The van der Waals surface area contributed by atoms with Crippen LogP contribution >= 0.6 is 0 Å². The van der Waals surface area contributed by atoms with E-state index in [4.69, 9.17) is 0 Å². The number of halogens is 1. The van der Waals surface area contributed by atoms with E-state index in [-0.39, 0.29) is 11.7 Å². The molecule has 19 heavy (non-hydrogen) atoms. The first-order valence-corrected chi connectivity index (χ1v) is 5.95. The molecule has 0 aliphatic heterocycles. The van der Waals surface area contributed by atoms with E-state index in [9.17, 15) is 9.18 Å². The number of carbonyl (C=O) groups is 1. The lowest BCUT2D eigenvalue weighted by atomic mass is 10.2. The van der Waals surface area contributed by atoms with Gasteiger partial charge in [0.05, 0.1) is 0 Å². The minimum absolute atomic E-state index is 0.156. The maximum absolute atomic E-state index is 13.1. The van der Waals surface area contributed by atoms with Gasteiger partial charge in [-0.25, -0.2) is 4.39 Å². The number of aromatic nitrogens is 1. The first-order chi connectivity index (χ1) is 9.15. The van der Waals surface area contributed by atoms with Gasteiger partial charge in [-0.3, -0.25) is 4.79 Å². The lowest BCUT2D eigenvalue weighted by Crippen LogP contribution is -2.31. The monoisotopic (exact) mass is 258 g/mol. The summed E-state index contributed by atoms with van der Waals surface area (Å²) in [5, 5.41) is 0.681. The van der Waals surface area contributed by atoms with Gasteiger partial charge >= 0.3 is 0 Å². The number of fused-ring (bicyclic) bond motifs is 1. The molecule has 0 unspecified atom stereocenters. The molecule has 1 N–H and O–H groups in total. The van der Waals surface area contributed by atoms with Crippen LogP contribution in [0, 0.1) is 5.82 Å². The highest BCUT2D eigenvalue weighted by molar-refractivity contribution is 5.98. The van der Waals surface area contributed by atoms with Crippen molar-refractivity contribution >= 4 is 16.8 Å². The molecule has 98 valence electrons. The summed E-state index contributed by atoms with van der Waals surface area (Å²) < 4.78 is 13.1. The molecule has 0 spiro atoms. The molecule has 2 aromatic rings. The Morgan fingerprint density at radius 2 is 1.95 bits per heavy atom. The van der Waals surface area contributed by atoms with Gasteiger partial charge in [0, 0.05) is 24.0 Å². The second-order valence-electron chi connectivity index (χ2n) is 4.20. The van der Waals surface area contributed by atoms with Crippen molar-refractivity contribution in [1.82, 2.24) is 9.88 Å². The Bertz CT molecular complexity index is 620. The summed E-state index contributed by atoms with van der Waals surface area (Å²) in [6.07, 6.45) is 3.31. The summed E-state index contributed by atoms with van der Waals surface area (Å²) in [6, 6.07) is 6.03. The van der Waals surface area contributed by atoms with Crippen molar-refractivity contribution in [1.29, 1.82) is 0 Å². The van der Waals surface area contributed by atoms with Crippen molar-refractivity contribution in [3.05, 3.63) is 61.1 Å². The van der Waals surface area contributed by atoms with Crippen molar-refractivity contribution in [2.45, 2.75) is 0 Å². The highest BCUT2D eigenvalue weighted by atomic mass is 19.1. The number of amides is 1. The van der Waals surface area contributed by atoms with Gasteiger partial charge < -0.3 is 9.88 Å². The van der Waals surface area contributed by atoms with Crippen LogP contribution in [0.4, 0.5) is 4.39 Å². The number of benzene rings is 1. The minimum Gasteiger partial charge on any atom is -0.351 e. The number of rotatable bonds is 5. The molecule has 1 aromatic carbocycles. The largest absolute Gasteiger partial charge is 0.351 e. The highest BCUT2D eigenvalue weighted by Gasteiger charge is 2.15. The predicted molar refractivity (Wildman–Crippen MR) is 74.6 cm³/mol. The Labute approximate surface area is 111 Å². The molecule has 1 aromatic heterocycles. The number of hydrogen-bond acceptors (Lipinski definition) is 1. The SMILES string of the molecule is C=CCN(CC=C)C(=O)c1cc2cc(F)ccc2[nH]1. The Balaban J connectivity index is 2.34. The van der Waals surface area contributed by atoms with Gasteiger partial charge in [-0.05, 0) is 24.3 Å². The van der Waals surface area contributed by atoms with E-state index in [1.807, 2.05) is 0 Å². The third kappa shape index (κ3) is 2.73. The van der Waals surface area contributed by atoms with Crippen molar-refractivity contribution < 1.29 is 9.18 Å². The average molecular weight is 258 g/mol. The third-order valence-electron chi connectivity index (χ3n) is 2.80. The summed E-state index contributed by atoms with van der Waals surface area (Å²) in [4.78, 5) is 16.9. The lowest BCUT2D eigenvalue weighted by molar-refractivity contribution is 0.0786. The Hall–Kier alpha value is -2.36. The van der Waals surface area contributed by atoms with E-state index in [0.29, 0.717) is 24.2 Å². The summed E-state index contributed by atoms with van der Waals surface area (Å²) in [5.74, 6) is -0.476. The van der Waals surface area contributed by atoms with Crippen molar-refractivity contribution in [3.8, 4) is 0 Å². The van der Waals surface area contributed by atoms with Crippen LogP contribution < -0.4 is 0 Å². The average Bonchev–Trinajstić information content (AvgIpc) is 2.80.